The smallest absolute Gasteiger partial charge is 0.141 e. The Balaban J connectivity index is 2.11. The van der Waals surface area contributed by atoms with E-state index in [9.17, 15) is 0 Å². The summed E-state index contributed by atoms with van der Waals surface area (Å²) in [5.74, 6) is 0.734. The summed E-state index contributed by atoms with van der Waals surface area (Å²) in [5.41, 5.74) is 9.22. The lowest BCUT2D eigenvalue weighted by atomic mass is 10.1. The minimum absolute atomic E-state index is 0.466. The van der Waals surface area contributed by atoms with E-state index in [0.29, 0.717) is 11.7 Å². The van der Waals surface area contributed by atoms with Crippen molar-refractivity contribution in [1.29, 1.82) is 0 Å². The molecule has 0 atom stereocenters. The fourth-order valence-corrected chi connectivity index (χ4v) is 2.36. The third-order valence-corrected chi connectivity index (χ3v) is 3.64. The minimum atomic E-state index is 0.466. The van der Waals surface area contributed by atoms with E-state index in [0.717, 1.165) is 18.8 Å². The summed E-state index contributed by atoms with van der Waals surface area (Å²) in [5, 5.41) is 0. The number of rotatable bonds is 6. The van der Waals surface area contributed by atoms with Crippen LogP contribution in [-0.2, 0) is 13.1 Å². The molecule has 2 rings (SSSR count). The number of benzene rings is 2. The minimum Gasteiger partial charge on any atom is -0.495 e. The predicted octanol–water partition coefficient (Wildman–Crippen LogP) is 3.69. The zero-order valence-corrected chi connectivity index (χ0v) is 13.0. The second-order valence-electron chi connectivity index (χ2n) is 5.56. The van der Waals surface area contributed by atoms with Gasteiger partial charge in [0.05, 0.1) is 12.8 Å². The molecule has 0 amide bonds. The lowest BCUT2D eigenvalue weighted by Crippen LogP contribution is -2.29. The normalized spacial score (nSPS) is 11.1. The van der Waals surface area contributed by atoms with Gasteiger partial charge in [-0.2, -0.15) is 0 Å². The number of hydrogen-bond acceptors (Lipinski definition) is 3. The Hall–Kier alpha value is -2.00. The molecular formula is C18H24N2O. The van der Waals surface area contributed by atoms with Crippen LogP contribution in [0.1, 0.15) is 25.0 Å². The SMILES string of the molecule is COc1ccc(CN(Cc2ccccc2)C(C)C)cc1N. The monoisotopic (exact) mass is 284 g/mol. The Morgan fingerprint density at radius 1 is 1.00 bits per heavy atom. The molecule has 112 valence electrons. The Kier molecular flexibility index (Phi) is 5.23. The number of ether oxygens (including phenoxy) is 1. The molecule has 3 nitrogen and oxygen atoms in total. The summed E-state index contributed by atoms with van der Waals surface area (Å²) < 4.78 is 5.21. The summed E-state index contributed by atoms with van der Waals surface area (Å²) in [4.78, 5) is 2.43. The highest BCUT2D eigenvalue weighted by atomic mass is 16.5. The van der Waals surface area contributed by atoms with Crippen LogP contribution in [-0.4, -0.2) is 18.1 Å². The van der Waals surface area contributed by atoms with Gasteiger partial charge in [0.1, 0.15) is 5.75 Å². The molecule has 0 aromatic heterocycles. The summed E-state index contributed by atoms with van der Waals surface area (Å²) in [6, 6.07) is 17.0. The van der Waals surface area contributed by atoms with Crippen molar-refractivity contribution in [3.05, 3.63) is 59.7 Å². The van der Waals surface area contributed by atoms with E-state index in [1.54, 1.807) is 7.11 Å². The fraction of sp³-hybridized carbons (Fsp3) is 0.333. The number of nitrogens with zero attached hydrogens (tertiary/aromatic N) is 1. The van der Waals surface area contributed by atoms with Crippen molar-refractivity contribution < 1.29 is 4.74 Å². The molecule has 0 spiro atoms. The summed E-state index contributed by atoms with van der Waals surface area (Å²) >= 11 is 0. The average molecular weight is 284 g/mol. The molecular weight excluding hydrogens is 260 g/mol. The maximum Gasteiger partial charge on any atom is 0.141 e. The zero-order chi connectivity index (χ0) is 15.2. The molecule has 0 heterocycles. The molecule has 0 aliphatic carbocycles. The van der Waals surface area contributed by atoms with Crippen LogP contribution in [0.2, 0.25) is 0 Å². The van der Waals surface area contributed by atoms with Crippen LogP contribution >= 0.6 is 0 Å². The summed E-state index contributed by atoms with van der Waals surface area (Å²) in [7, 11) is 1.64. The molecule has 0 fully saturated rings. The van der Waals surface area contributed by atoms with Crippen LogP contribution < -0.4 is 10.5 Å². The molecule has 2 aromatic rings. The quantitative estimate of drug-likeness (QED) is 0.822. The van der Waals surface area contributed by atoms with Gasteiger partial charge < -0.3 is 10.5 Å². The second kappa shape index (κ2) is 7.14. The van der Waals surface area contributed by atoms with Crippen molar-refractivity contribution in [1.82, 2.24) is 4.90 Å². The first-order chi connectivity index (χ1) is 10.1. The van der Waals surface area contributed by atoms with Gasteiger partial charge in [-0.15, -0.1) is 0 Å². The van der Waals surface area contributed by atoms with Crippen LogP contribution in [0.25, 0.3) is 0 Å². The van der Waals surface area contributed by atoms with Crippen molar-refractivity contribution in [2.75, 3.05) is 12.8 Å². The highest BCUT2D eigenvalue weighted by molar-refractivity contribution is 5.54. The number of nitrogens with two attached hydrogens (primary N) is 1. The highest BCUT2D eigenvalue weighted by Gasteiger charge is 2.12. The van der Waals surface area contributed by atoms with Crippen molar-refractivity contribution in [2.24, 2.45) is 0 Å². The standard InChI is InChI=1S/C18H24N2O/c1-14(2)20(12-15-7-5-4-6-8-15)13-16-9-10-18(21-3)17(19)11-16/h4-11,14H,12-13,19H2,1-3H3. The maximum absolute atomic E-state index is 5.99. The van der Waals surface area contributed by atoms with E-state index in [-0.39, 0.29) is 0 Å². The molecule has 0 radical (unpaired) electrons. The van der Waals surface area contributed by atoms with Crippen molar-refractivity contribution >= 4 is 5.69 Å². The first-order valence-electron chi connectivity index (χ1n) is 7.30. The Bertz CT molecular complexity index is 567. The molecule has 2 aromatic carbocycles. The van der Waals surface area contributed by atoms with E-state index in [1.165, 1.54) is 11.1 Å². The van der Waals surface area contributed by atoms with Crippen LogP contribution in [0, 0.1) is 0 Å². The van der Waals surface area contributed by atoms with Gasteiger partial charge in [0, 0.05) is 19.1 Å². The lowest BCUT2D eigenvalue weighted by Gasteiger charge is -2.27. The largest absolute Gasteiger partial charge is 0.495 e. The molecule has 0 saturated carbocycles. The van der Waals surface area contributed by atoms with Crippen LogP contribution in [0.5, 0.6) is 5.75 Å². The Labute approximate surface area is 127 Å². The lowest BCUT2D eigenvalue weighted by molar-refractivity contribution is 0.203. The van der Waals surface area contributed by atoms with Gasteiger partial charge in [0.25, 0.3) is 0 Å². The Morgan fingerprint density at radius 3 is 2.24 bits per heavy atom. The highest BCUT2D eigenvalue weighted by Crippen LogP contribution is 2.23. The van der Waals surface area contributed by atoms with Crippen molar-refractivity contribution in [3.63, 3.8) is 0 Å². The van der Waals surface area contributed by atoms with E-state index in [4.69, 9.17) is 10.5 Å². The summed E-state index contributed by atoms with van der Waals surface area (Å²) in [6.45, 7) is 6.25. The fourth-order valence-electron chi connectivity index (χ4n) is 2.36. The van der Waals surface area contributed by atoms with Crippen LogP contribution in [0.3, 0.4) is 0 Å². The third kappa shape index (κ3) is 4.23. The molecule has 0 aliphatic heterocycles. The predicted molar refractivity (Wildman–Crippen MR) is 88.2 cm³/mol. The molecule has 3 heteroatoms. The molecule has 21 heavy (non-hydrogen) atoms. The maximum atomic E-state index is 5.99. The van der Waals surface area contributed by atoms with Crippen molar-refractivity contribution in [2.45, 2.75) is 33.0 Å². The van der Waals surface area contributed by atoms with Gasteiger partial charge in [0.2, 0.25) is 0 Å². The zero-order valence-electron chi connectivity index (χ0n) is 13.0. The molecule has 0 bridgehead atoms. The van der Waals surface area contributed by atoms with E-state index in [2.05, 4.69) is 49.1 Å². The van der Waals surface area contributed by atoms with E-state index in [1.807, 2.05) is 18.2 Å². The van der Waals surface area contributed by atoms with E-state index < -0.39 is 0 Å². The van der Waals surface area contributed by atoms with Gasteiger partial charge in [-0.05, 0) is 37.1 Å². The van der Waals surface area contributed by atoms with Gasteiger partial charge in [-0.3, -0.25) is 4.90 Å². The third-order valence-electron chi connectivity index (χ3n) is 3.64. The number of methoxy groups -OCH3 is 1. The van der Waals surface area contributed by atoms with Crippen molar-refractivity contribution in [3.8, 4) is 5.75 Å². The first kappa shape index (κ1) is 15.4. The van der Waals surface area contributed by atoms with Crippen LogP contribution in [0.4, 0.5) is 5.69 Å². The number of hydrogen-bond donors (Lipinski definition) is 1. The summed E-state index contributed by atoms with van der Waals surface area (Å²) in [6.07, 6.45) is 0. The second-order valence-corrected chi connectivity index (χ2v) is 5.56. The average Bonchev–Trinajstić information content (AvgIpc) is 2.48. The molecule has 0 aliphatic rings. The van der Waals surface area contributed by atoms with Gasteiger partial charge >= 0.3 is 0 Å². The van der Waals surface area contributed by atoms with Gasteiger partial charge in [-0.25, -0.2) is 0 Å². The van der Waals surface area contributed by atoms with Crippen LogP contribution in [0.15, 0.2) is 48.5 Å². The van der Waals surface area contributed by atoms with E-state index >= 15 is 0 Å². The molecule has 0 saturated heterocycles. The molecule has 0 unspecified atom stereocenters. The van der Waals surface area contributed by atoms with Gasteiger partial charge in [-0.1, -0.05) is 36.4 Å². The number of nitrogen functional groups attached to an aromatic ring is 1. The molecule has 2 N–H and O–H groups in total. The number of anilines is 1. The topological polar surface area (TPSA) is 38.5 Å². The van der Waals surface area contributed by atoms with Gasteiger partial charge in [0.15, 0.2) is 0 Å². The first-order valence-corrected chi connectivity index (χ1v) is 7.30. The Morgan fingerprint density at radius 2 is 1.67 bits per heavy atom.